The number of imidazole rings is 1. The Morgan fingerprint density at radius 1 is 0.943 bits per heavy atom. The van der Waals surface area contributed by atoms with Crippen LogP contribution in [-0.4, -0.2) is 56.2 Å². The van der Waals surface area contributed by atoms with E-state index in [0.717, 1.165) is 17.7 Å². The Morgan fingerprint density at radius 2 is 1.69 bits per heavy atom. The van der Waals surface area contributed by atoms with E-state index in [2.05, 4.69) is 4.98 Å². The van der Waals surface area contributed by atoms with Gasteiger partial charge in [0.1, 0.15) is 23.9 Å². The molecule has 2 aromatic carbocycles. The lowest BCUT2D eigenvalue weighted by Gasteiger charge is -2.24. The molecule has 0 radical (unpaired) electrons. The number of benzene rings is 2. The molecule has 11 heteroatoms. The zero-order chi connectivity index (χ0) is 24.7. The Balaban J connectivity index is 1.37. The second-order valence-electron chi connectivity index (χ2n) is 8.41. The van der Waals surface area contributed by atoms with E-state index in [9.17, 15) is 27.9 Å². The zero-order valence-corrected chi connectivity index (χ0v) is 18.5. The minimum Gasteiger partial charge on any atom is -0.491 e. The van der Waals surface area contributed by atoms with Crippen LogP contribution in [0.1, 0.15) is 27.4 Å². The molecule has 8 nitrogen and oxygen atoms in total. The number of carboxylic acid groups (broad SMARTS) is 1. The molecule has 1 aromatic heterocycles. The summed E-state index contributed by atoms with van der Waals surface area (Å²) in [7, 11) is 0. The summed E-state index contributed by atoms with van der Waals surface area (Å²) in [4.78, 5) is 31.7. The Morgan fingerprint density at radius 3 is 2.40 bits per heavy atom. The molecule has 0 aliphatic carbocycles. The number of carbonyl (C=O) groups is 2. The van der Waals surface area contributed by atoms with Crippen molar-refractivity contribution in [2.45, 2.75) is 25.8 Å². The van der Waals surface area contributed by atoms with Gasteiger partial charge in [-0.25, -0.2) is 9.78 Å². The molecule has 0 atom stereocenters. The van der Waals surface area contributed by atoms with Gasteiger partial charge in [-0.3, -0.25) is 9.69 Å². The maximum atomic E-state index is 13.2. The first kappa shape index (κ1) is 22.8. The van der Waals surface area contributed by atoms with Crippen LogP contribution in [0.15, 0.2) is 48.7 Å². The van der Waals surface area contributed by atoms with Gasteiger partial charge in [-0.15, -0.1) is 0 Å². The Kier molecular flexibility index (Phi) is 5.62. The molecule has 0 fully saturated rings. The molecule has 0 bridgehead atoms. The maximum absolute atomic E-state index is 13.2. The highest BCUT2D eigenvalue weighted by atomic mass is 19.4. The normalized spacial score (nSPS) is 15.6. The molecular formula is C24H21F3N4O4. The molecule has 3 heterocycles. The number of hydrogen-bond donors (Lipinski definition) is 1. The van der Waals surface area contributed by atoms with E-state index < -0.39 is 17.8 Å². The summed E-state index contributed by atoms with van der Waals surface area (Å²) in [5, 5.41) is 9.21. The number of halogens is 3. The molecule has 0 saturated heterocycles. The number of hydrogen-bond acceptors (Lipinski definition) is 4. The van der Waals surface area contributed by atoms with Gasteiger partial charge in [0, 0.05) is 31.4 Å². The first-order valence-electron chi connectivity index (χ1n) is 11.0. The molecule has 2 aliphatic rings. The number of aromatic nitrogens is 2. The van der Waals surface area contributed by atoms with Crippen molar-refractivity contribution < 1.29 is 32.6 Å². The Labute approximate surface area is 198 Å². The predicted molar refractivity (Wildman–Crippen MR) is 118 cm³/mol. The van der Waals surface area contributed by atoms with E-state index in [1.807, 2.05) is 6.07 Å². The number of nitrogens with zero attached hydrogens (tertiary/aromatic N) is 4. The van der Waals surface area contributed by atoms with Crippen molar-refractivity contribution in [1.82, 2.24) is 19.4 Å². The summed E-state index contributed by atoms with van der Waals surface area (Å²) < 4.78 is 46.3. The van der Waals surface area contributed by atoms with Crippen LogP contribution in [0, 0.1) is 0 Å². The van der Waals surface area contributed by atoms with Crippen molar-refractivity contribution in [1.29, 1.82) is 0 Å². The molecule has 0 saturated carbocycles. The lowest BCUT2D eigenvalue weighted by molar-refractivity contribution is -0.137. The first-order valence-corrected chi connectivity index (χ1v) is 11.0. The maximum Gasteiger partial charge on any atom is 0.416 e. The van der Waals surface area contributed by atoms with E-state index in [-0.39, 0.29) is 31.3 Å². The average molecular weight is 486 g/mol. The van der Waals surface area contributed by atoms with Crippen molar-refractivity contribution in [3.63, 3.8) is 0 Å². The molecule has 1 N–H and O–H groups in total. The van der Waals surface area contributed by atoms with Crippen LogP contribution < -0.4 is 4.74 Å². The van der Waals surface area contributed by atoms with E-state index >= 15 is 0 Å². The minimum atomic E-state index is -4.40. The fourth-order valence-corrected chi connectivity index (χ4v) is 4.28. The van der Waals surface area contributed by atoms with Crippen molar-refractivity contribution in [2.75, 3.05) is 19.7 Å². The zero-order valence-electron chi connectivity index (χ0n) is 18.5. The molecular weight excluding hydrogens is 465 g/mol. The molecule has 0 unspecified atom stereocenters. The lowest BCUT2D eigenvalue weighted by atomic mass is 10.0. The monoisotopic (exact) mass is 486 g/mol. The molecule has 182 valence electrons. The summed E-state index contributed by atoms with van der Waals surface area (Å²) in [5.74, 6) is 0.820. The van der Waals surface area contributed by atoms with Crippen LogP contribution in [-0.2, 0) is 25.8 Å². The highest BCUT2D eigenvalue weighted by Crippen LogP contribution is 2.33. The fourth-order valence-electron chi connectivity index (χ4n) is 4.28. The van der Waals surface area contributed by atoms with Crippen molar-refractivity contribution in [3.05, 3.63) is 71.3 Å². The van der Waals surface area contributed by atoms with Crippen LogP contribution in [0.4, 0.5) is 18.0 Å². The van der Waals surface area contributed by atoms with Crippen molar-refractivity contribution in [3.8, 4) is 16.9 Å². The molecule has 5 rings (SSSR count). The largest absolute Gasteiger partial charge is 0.491 e. The quantitative estimate of drug-likeness (QED) is 0.590. The Bertz CT molecular complexity index is 1290. The van der Waals surface area contributed by atoms with Gasteiger partial charge < -0.3 is 19.3 Å². The molecule has 0 spiro atoms. The van der Waals surface area contributed by atoms with Gasteiger partial charge in [0.25, 0.3) is 5.91 Å². The molecule has 2 aliphatic heterocycles. The van der Waals surface area contributed by atoms with Gasteiger partial charge in [0.15, 0.2) is 0 Å². The van der Waals surface area contributed by atoms with Gasteiger partial charge in [-0.05, 0) is 35.4 Å². The second kappa shape index (κ2) is 8.64. The SMILES string of the molecule is O=C(O)N1CCn2cc(C(=O)N3CCOc4ccc(-c5ccc(C(F)(F)F)cc5)cc4C3)nc2C1. The van der Waals surface area contributed by atoms with Gasteiger partial charge in [-0.2, -0.15) is 13.2 Å². The highest BCUT2D eigenvalue weighted by Gasteiger charge is 2.30. The summed E-state index contributed by atoms with van der Waals surface area (Å²) in [6.07, 6.45) is -3.79. The number of fused-ring (bicyclic) bond motifs is 2. The third-order valence-corrected chi connectivity index (χ3v) is 6.17. The van der Waals surface area contributed by atoms with Crippen LogP contribution in [0.2, 0.25) is 0 Å². The summed E-state index contributed by atoms with van der Waals surface area (Å²) >= 11 is 0. The van der Waals surface area contributed by atoms with Gasteiger partial charge in [-0.1, -0.05) is 18.2 Å². The van der Waals surface area contributed by atoms with E-state index in [1.165, 1.54) is 17.0 Å². The summed E-state index contributed by atoms with van der Waals surface area (Å²) in [6, 6.07) is 10.3. The average Bonchev–Trinajstić information content (AvgIpc) is 3.15. The third kappa shape index (κ3) is 4.53. The number of amides is 2. The third-order valence-electron chi connectivity index (χ3n) is 6.17. The number of ether oxygens (including phenoxy) is 1. The van der Waals surface area contributed by atoms with Crippen molar-refractivity contribution >= 4 is 12.0 Å². The number of rotatable bonds is 2. The fraction of sp³-hybridized carbons (Fsp3) is 0.292. The molecule has 3 aromatic rings. The topological polar surface area (TPSA) is 87.9 Å². The summed E-state index contributed by atoms with van der Waals surface area (Å²) in [5.41, 5.74) is 1.57. The predicted octanol–water partition coefficient (Wildman–Crippen LogP) is 4.10. The van der Waals surface area contributed by atoms with Crippen LogP contribution in [0.5, 0.6) is 5.75 Å². The smallest absolute Gasteiger partial charge is 0.416 e. The first-order chi connectivity index (χ1) is 16.7. The van der Waals surface area contributed by atoms with Crippen LogP contribution >= 0.6 is 0 Å². The van der Waals surface area contributed by atoms with E-state index in [0.29, 0.717) is 42.3 Å². The highest BCUT2D eigenvalue weighted by molar-refractivity contribution is 5.92. The van der Waals surface area contributed by atoms with Crippen LogP contribution in [0.25, 0.3) is 11.1 Å². The number of alkyl halides is 3. The molecule has 35 heavy (non-hydrogen) atoms. The number of carbonyl (C=O) groups excluding carboxylic acids is 1. The standard InChI is InChI=1S/C24H21F3N4O4/c25-24(26,27)18-4-1-15(2-5-18)16-3-6-20-17(11-16)12-30(9-10-35-20)22(32)19-13-29-7-8-31(23(33)34)14-21(29)28-19/h1-6,11,13H,7-10,12,14H2,(H,33,34). The minimum absolute atomic E-state index is 0.116. The van der Waals surface area contributed by atoms with Gasteiger partial charge >= 0.3 is 12.3 Å². The second-order valence-corrected chi connectivity index (χ2v) is 8.41. The Hall–Kier alpha value is -4.02. The molecule has 2 amide bonds. The lowest BCUT2D eigenvalue weighted by Crippen LogP contribution is -2.37. The van der Waals surface area contributed by atoms with E-state index in [1.54, 1.807) is 27.8 Å². The van der Waals surface area contributed by atoms with Crippen molar-refractivity contribution in [2.24, 2.45) is 0 Å². The van der Waals surface area contributed by atoms with Gasteiger partial charge in [0.05, 0.1) is 18.7 Å². The summed E-state index contributed by atoms with van der Waals surface area (Å²) in [6.45, 7) is 1.71. The van der Waals surface area contributed by atoms with Crippen LogP contribution in [0.3, 0.4) is 0 Å². The van der Waals surface area contributed by atoms with E-state index in [4.69, 9.17) is 4.74 Å². The van der Waals surface area contributed by atoms with Gasteiger partial charge in [0.2, 0.25) is 0 Å².